The molecule has 1 spiro atoms. The normalized spacial score (nSPS) is 42.9. The summed E-state index contributed by atoms with van der Waals surface area (Å²) in [6.45, 7) is 7.86. The van der Waals surface area contributed by atoms with Crippen molar-refractivity contribution in [1.82, 2.24) is 0 Å². The van der Waals surface area contributed by atoms with Crippen LogP contribution in [0.1, 0.15) is 85.0 Å². The van der Waals surface area contributed by atoms with Crippen molar-refractivity contribution in [2.75, 3.05) is 6.61 Å². The fourth-order valence-corrected chi connectivity index (χ4v) is 5.50. The third kappa shape index (κ3) is 3.03. The first-order valence-corrected chi connectivity index (χ1v) is 9.22. The highest BCUT2D eigenvalue weighted by atomic mass is 16.5. The molecule has 0 bridgehead atoms. The summed E-state index contributed by atoms with van der Waals surface area (Å²) < 4.78 is 6.24. The van der Waals surface area contributed by atoms with Crippen LogP contribution in [0.25, 0.3) is 0 Å². The van der Waals surface area contributed by atoms with Crippen LogP contribution in [0.15, 0.2) is 0 Å². The van der Waals surface area contributed by atoms with E-state index in [1.54, 1.807) is 0 Å². The van der Waals surface area contributed by atoms with Crippen molar-refractivity contribution in [2.24, 2.45) is 17.3 Å². The van der Waals surface area contributed by atoms with E-state index in [9.17, 15) is 5.11 Å². The minimum atomic E-state index is -0.441. The number of hydrogen-bond acceptors (Lipinski definition) is 2. The van der Waals surface area contributed by atoms with Gasteiger partial charge in [-0.05, 0) is 62.2 Å². The summed E-state index contributed by atoms with van der Waals surface area (Å²) in [4.78, 5) is 0. The molecule has 3 fully saturated rings. The number of rotatable bonds is 1. The monoisotopic (exact) mass is 294 g/mol. The lowest BCUT2D eigenvalue weighted by Gasteiger charge is -2.53. The molecule has 0 aromatic carbocycles. The van der Waals surface area contributed by atoms with Crippen LogP contribution in [0.2, 0.25) is 0 Å². The van der Waals surface area contributed by atoms with Gasteiger partial charge in [0.15, 0.2) is 0 Å². The molecule has 21 heavy (non-hydrogen) atoms. The molecule has 1 aliphatic heterocycles. The van der Waals surface area contributed by atoms with E-state index in [1.807, 2.05) is 0 Å². The lowest BCUT2D eigenvalue weighted by molar-refractivity contribution is -0.184. The molecule has 0 aromatic heterocycles. The highest BCUT2D eigenvalue weighted by molar-refractivity contribution is 5.02. The van der Waals surface area contributed by atoms with E-state index in [1.165, 1.54) is 32.1 Å². The Labute approximate surface area is 130 Å². The molecule has 2 aliphatic carbocycles. The molecule has 122 valence electrons. The van der Waals surface area contributed by atoms with E-state index in [0.717, 1.165) is 38.7 Å². The maximum Gasteiger partial charge on any atom is 0.0703 e. The van der Waals surface area contributed by atoms with Crippen LogP contribution in [0.3, 0.4) is 0 Å². The Morgan fingerprint density at radius 2 is 1.67 bits per heavy atom. The number of aliphatic hydroxyl groups is 1. The molecule has 3 aliphatic rings. The topological polar surface area (TPSA) is 29.5 Å². The van der Waals surface area contributed by atoms with Crippen LogP contribution in [-0.4, -0.2) is 22.9 Å². The van der Waals surface area contributed by atoms with E-state index >= 15 is 0 Å². The Morgan fingerprint density at radius 3 is 2.33 bits per heavy atom. The summed E-state index contributed by atoms with van der Waals surface area (Å²) in [7, 11) is 0. The average Bonchev–Trinajstić information content (AvgIpc) is 2.44. The molecule has 1 heterocycles. The van der Waals surface area contributed by atoms with E-state index < -0.39 is 5.60 Å². The first-order chi connectivity index (χ1) is 9.85. The second-order valence-corrected chi connectivity index (χ2v) is 9.04. The van der Waals surface area contributed by atoms with Gasteiger partial charge in [-0.1, -0.05) is 40.0 Å². The van der Waals surface area contributed by atoms with Gasteiger partial charge < -0.3 is 9.84 Å². The predicted octanol–water partition coefficient (Wildman–Crippen LogP) is 4.69. The second-order valence-electron chi connectivity index (χ2n) is 9.04. The van der Waals surface area contributed by atoms with Crippen LogP contribution < -0.4 is 0 Å². The van der Waals surface area contributed by atoms with Gasteiger partial charge in [0.2, 0.25) is 0 Å². The Morgan fingerprint density at radius 1 is 0.952 bits per heavy atom. The fraction of sp³-hybridized carbons (Fsp3) is 1.00. The Hall–Kier alpha value is -0.0800. The van der Waals surface area contributed by atoms with Crippen LogP contribution in [0, 0.1) is 17.3 Å². The molecular formula is C19H34O2. The van der Waals surface area contributed by atoms with Gasteiger partial charge in [-0.3, -0.25) is 0 Å². The highest BCUT2D eigenvalue weighted by Crippen LogP contribution is 2.52. The van der Waals surface area contributed by atoms with Gasteiger partial charge in [-0.15, -0.1) is 0 Å². The predicted molar refractivity (Wildman–Crippen MR) is 86.2 cm³/mol. The summed E-state index contributed by atoms with van der Waals surface area (Å²) in [5, 5.41) is 11.5. The van der Waals surface area contributed by atoms with Crippen LogP contribution in [-0.2, 0) is 4.74 Å². The number of hydrogen-bond donors (Lipinski definition) is 1. The molecule has 3 atom stereocenters. The molecular weight excluding hydrogens is 260 g/mol. The first kappa shape index (κ1) is 15.8. The number of ether oxygens (including phenoxy) is 1. The first-order valence-electron chi connectivity index (χ1n) is 9.22. The fourth-order valence-electron chi connectivity index (χ4n) is 5.50. The smallest absolute Gasteiger partial charge is 0.0703 e. The van der Waals surface area contributed by atoms with Gasteiger partial charge in [0.25, 0.3) is 0 Å². The third-order valence-electron chi connectivity index (χ3n) is 6.88. The van der Waals surface area contributed by atoms with E-state index in [4.69, 9.17) is 4.74 Å². The minimum Gasteiger partial charge on any atom is -0.389 e. The van der Waals surface area contributed by atoms with Crippen molar-refractivity contribution in [1.29, 1.82) is 0 Å². The summed E-state index contributed by atoms with van der Waals surface area (Å²) in [5.41, 5.74) is 0.0761. The zero-order chi connectivity index (χ0) is 15.1. The lowest BCUT2D eigenvalue weighted by atomic mass is 9.58. The standard InChI is InChI=1S/C19H34O2/c1-15-13-17(2,3)10-11-19(15,20)16-7-12-21-18(14-16)8-5-4-6-9-18/h15-16,20H,4-14H2,1-3H3. The van der Waals surface area contributed by atoms with Gasteiger partial charge in [0, 0.05) is 6.61 Å². The molecule has 0 aromatic rings. The van der Waals surface area contributed by atoms with Crippen molar-refractivity contribution in [3.8, 4) is 0 Å². The summed E-state index contributed by atoms with van der Waals surface area (Å²) in [5.74, 6) is 0.875. The Balaban J connectivity index is 1.73. The zero-order valence-corrected chi connectivity index (χ0v) is 14.3. The molecule has 2 saturated carbocycles. The molecule has 2 nitrogen and oxygen atoms in total. The molecule has 2 heteroatoms. The lowest BCUT2D eigenvalue weighted by Crippen LogP contribution is -2.54. The van der Waals surface area contributed by atoms with Crippen molar-refractivity contribution >= 4 is 0 Å². The average molecular weight is 294 g/mol. The van der Waals surface area contributed by atoms with Crippen molar-refractivity contribution < 1.29 is 9.84 Å². The van der Waals surface area contributed by atoms with Gasteiger partial charge in [-0.2, -0.15) is 0 Å². The molecule has 0 radical (unpaired) electrons. The molecule has 3 rings (SSSR count). The molecule has 1 saturated heterocycles. The van der Waals surface area contributed by atoms with Crippen molar-refractivity contribution in [2.45, 2.75) is 96.2 Å². The Kier molecular flexibility index (Phi) is 4.16. The molecule has 1 N–H and O–H groups in total. The van der Waals surface area contributed by atoms with Gasteiger partial charge in [-0.25, -0.2) is 0 Å². The second kappa shape index (κ2) is 5.53. The maximum absolute atomic E-state index is 11.5. The summed E-state index contributed by atoms with van der Waals surface area (Å²) >= 11 is 0. The highest BCUT2D eigenvalue weighted by Gasteiger charge is 2.51. The van der Waals surface area contributed by atoms with Crippen LogP contribution in [0.5, 0.6) is 0 Å². The SMILES string of the molecule is CC1CC(C)(C)CCC1(O)C1CCOC2(CCCCC2)C1. The third-order valence-corrected chi connectivity index (χ3v) is 6.88. The van der Waals surface area contributed by atoms with Crippen molar-refractivity contribution in [3.05, 3.63) is 0 Å². The maximum atomic E-state index is 11.5. The Bertz CT molecular complexity index is 364. The van der Waals surface area contributed by atoms with Gasteiger partial charge in [0.1, 0.15) is 0 Å². The van der Waals surface area contributed by atoms with Crippen LogP contribution in [0.4, 0.5) is 0 Å². The summed E-state index contributed by atoms with van der Waals surface area (Å²) in [6.07, 6.45) is 11.9. The van der Waals surface area contributed by atoms with E-state index in [2.05, 4.69) is 20.8 Å². The van der Waals surface area contributed by atoms with Gasteiger partial charge in [0.05, 0.1) is 11.2 Å². The largest absolute Gasteiger partial charge is 0.389 e. The van der Waals surface area contributed by atoms with Gasteiger partial charge >= 0.3 is 0 Å². The van der Waals surface area contributed by atoms with E-state index in [0.29, 0.717) is 17.3 Å². The summed E-state index contributed by atoms with van der Waals surface area (Å²) in [6, 6.07) is 0. The minimum absolute atomic E-state index is 0.115. The van der Waals surface area contributed by atoms with E-state index in [-0.39, 0.29) is 5.60 Å². The zero-order valence-electron chi connectivity index (χ0n) is 14.3. The van der Waals surface area contributed by atoms with Crippen molar-refractivity contribution in [3.63, 3.8) is 0 Å². The quantitative estimate of drug-likeness (QED) is 0.760. The van der Waals surface area contributed by atoms with Crippen LogP contribution >= 0.6 is 0 Å². The molecule has 0 amide bonds. The molecule has 3 unspecified atom stereocenters.